The highest BCUT2D eigenvalue weighted by molar-refractivity contribution is 5.92. The van der Waals surface area contributed by atoms with Gasteiger partial charge in [-0.2, -0.15) is 5.10 Å². The third-order valence-corrected chi connectivity index (χ3v) is 6.27. The minimum absolute atomic E-state index is 0. The number of halogens is 1. The van der Waals surface area contributed by atoms with Crippen LogP contribution < -0.4 is 5.73 Å². The number of fused-ring (bicyclic) bond motifs is 3. The Morgan fingerprint density at radius 3 is 2.72 bits per heavy atom. The van der Waals surface area contributed by atoms with Crippen LogP contribution in [0.1, 0.15) is 43.6 Å². The fourth-order valence-electron chi connectivity index (χ4n) is 4.32. The molecule has 0 saturated carbocycles. The molecule has 1 aromatic carbocycles. The molecular weight excluding hydrogens is 386 g/mol. The summed E-state index contributed by atoms with van der Waals surface area (Å²) in [5.74, 6) is 0.199. The van der Waals surface area contributed by atoms with Crippen molar-refractivity contribution in [3.05, 3.63) is 41.2 Å². The lowest BCUT2D eigenvalue weighted by Gasteiger charge is -2.42. The normalized spacial score (nSPS) is 18.8. The zero-order valence-corrected chi connectivity index (χ0v) is 18.4. The van der Waals surface area contributed by atoms with Gasteiger partial charge in [-0.05, 0) is 49.8 Å². The summed E-state index contributed by atoms with van der Waals surface area (Å²) in [7, 11) is 0. The summed E-state index contributed by atoms with van der Waals surface area (Å²) < 4.78 is 1.92. The standard InChI is InChI=1S/C22H29N5O.ClH/c1-14-16(9-10-20(28)26-12-11-19(23)22(3,4)13-26)15(2)27-21(24-14)17-7-5-6-8-18(17)25-27;/h5-8,19H,9-13,23H2,1-4H3;1H. The van der Waals surface area contributed by atoms with Crippen LogP contribution in [0.5, 0.6) is 0 Å². The van der Waals surface area contributed by atoms with Crippen molar-refractivity contribution in [2.75, 3.05) is 13.1 Å². The molecule has 1 fully saturated rings. The van der Waals surface area contributed by atoms with Gasteiger partial charge < -0.3 is 10.6 Å². The molecule has 2 N–H and O–H groups in total. The minimum Gasteiger partial charge on any atom is -0.342 e. The molecule has 7 heteroatoms. The maximum atomic E-state index is 12.8. The van der Waals surface area contributed by atoms with Crippen LogP contribution in [0.3, 0.4) is 0 Å². The van der Waals surface area contributed by atoms with Gasteiger partial charge in [-0.25, -0.2) is 9.50 Å². The summed E-state index contributed by atoms with van der Waals surface area (Å²) in [6.45, 7) is 9.86. The second kappa shape index (κ2) is 7.92. The van der Waals surface area contributed by atoms with E-state index >= 15 is 0 Å². The monoisotopic (exact) mass is 415 g/mol. The number of aryl methyl sites for hydroxylation is 2. The molecule has 0 spiro atoms. The Kier molecular flexibility index (Phi) is 5.88. The molecule has 6 nitrogen and oxygen atoms in total. The number of carbonyl (C=O) groups is 1. The van der Waals surface area contributed by atoms with E-state index in [1.807, 2.05) is 34.5 Å². The molecule has 3 heterocycles. The predicted octanol–water partition coefficient (Wildman–Crippen LogP) is 3.44. The predicted molar refractivity (Wildman–Crippen MR) is 118 cm³/mol. The van der Waals surface area contributed by atoms with Crippen LogP contribution in [0.2, 0.25) is 0 Å². The molecule has 0 bridgehead atoms. The molecule has 1 aliphatic rings. The van der Waals surface area contributed by atoms with E-state index in [9.17, 15) is 4.79 Å². The Morgan fingerprint density at radius 2 is 2.00 bits per heavy atom. The quantitative estimate of drug-likeness (QED) is 0.710. The summed E-state index contributed by atoms with van der Waals surface area (Å²) in [5.41, 5.74) is 11.2. The number of aromatic nitrogens is 3. The number of piperidine rings is 1. The Balaban J connectivity index is 0.00000240. The maximum Gasteiger partial charge on any atom is 0.222 e. The van der Waals surface area contributed by atoms with Crippen molar-refractivity contribution in [2.24, 2.45) is 11.1 Å². The van der Waals surface area contributed by atoms with Crippen LogP contribution in [-0.4, -0.2) is 44.5 Å². The van der Waals surface area contributed by atoms with Gasteiger partial charge in [0.2, 0.25) is 5.91 Å². The van der Waals surface area contributed by atoms with Gasteiger partial charge in [-0.3, -0.25) is 4.79 Å². The number of nitrogens with zero attached hydrogens (tertiary/aromatic N) is 4. The fraction of sp³-hybridized carbons (Fsp3) is 0.500. The van der Waals surface area contributed by atoms with Crippen molar-refractivity contribution >= 4 is 34.9 Å². The van der Waals surface area contributed by atoms with Gasteiger partial charge in [0.1, 0.15) is 0 Å². The molecule has 4 rings (SSSR count). The highest BCUT2D eigenvalue weighted by atomic mass is 35.5. The Morgan fingerprint density at radius 1 is 1.28 bits per heavy atom. The average Bonchev–Trinajstić information content (AvgIpc) is 3.02. The number of amides is 1. The smallest absolute Gasteiger partial charge is 0.222 e. The van der Waals surface area contributed by atoms with Crippen molar-refractivity contribution in [2.45, 2.75) is 53.0 Å². The van der Waals surface area contributed by atoms with E-state index in [1.54, 1.807) is 0 Å². The van der Waals surface area contributed by atoms with Gasteiger partial charge >= 0.3 is 0 Å². The number of hydrogen-bond donors (Lipinski definition) is 1. The Labute approximate surface area is 177 Å². The Hall–Kier alpha value is -2.18. The van der Waals surface area contributed by atoms with Crippen molar-refractivity contribution < 1.29 is 4.79 Å². The molecule has 1 saturated heterocycles. The number of carbonyl (C=O) groups excluding carboxylic acids is 1. The van der Waals surface area contributed by atoms with Crippen molar-refractivity contribution in [3.8, 4) is 0 Å². The highest BCUT2D eigenvalue weighted by Gasteiger charge is 2.35. The zero-order valence-electron chi connectivity index (χ0n) is 17.6. The number of nitrogens with two attached hydrogens (primary N) is 1. The molecule has 1 aliphatic heterocycles. The van der Waals surface area contributed by atoms with Gasteiger partial charge in [0.15, 0.2) is 5.65 Å². The molecule has 156 valence electrons. The minimum atomic E-state index is -0.0324. The van der Waals surface area contributed by atoms with Crippen LogP contribution in [0.15, 0.2) is 24.3 Å². The van der Waals surface area contributed by atoms with E-state index in [2.05, 4.69) is 26.8 Å². The van der Waals surface area contributed by atoms with E-state index in [-0.39, 0.29) is 29.8 Å². The SMILES string of the molecule is Cc1nc2c3ccccc3nn2c(C)c1CCC(=O)N1CCC(N)C(C)(C)C1.Cl. The molecule has 1 unspecified atom stereocenters. The summed E-state index contributed by atoms with van der Waals surface area (Å²) in [5, 5.41) is 5.76. The molecule has 29 heavy (non-hydrogen) atoms. The molecule has 2 aromatic heterocycles. The first kappa shape index (κ1) is 21.5. The maximum absolute atomic E-state index is 12.8. The second-order valence-corrected chi connectivity index (χ2v) is 8.71. The third-order valence-electron chi connectivity index (χ3n) is 6.27. The highest BCUT2D eigenvalue weighted by Crippen LogP contribution is 2.28. The van der Waals surface area contributed by atoms with Crippen LogP contribution >= 0.6 is 12.4 Å². The van der Waals surface area contributed by atoms with Crippen LogP contribution in [0.4, 0.5) is 0 Å². The summed E-state index contributed by atoms with van der Waals surface area (Å²) >= 11 is 0. The summed E-state index contributed by atoms with van der Waals surface area (Å²) in [6.07, 6.45) is 2.03. The van der Waals surface area contributed by atoms with Crippen LogP contribution in [-0.2, 0) is 11.2 Å². The van der Waals surface area contributed by atoms with Gasteiger partial charge in [0.25, 0.3) is 0 Å². The average molecular weight is 416 g/mol. The first-order valence-corrected chi connectivity index (χ1v) is 10.0. The number of benzene rings is 1. The van der Waals surface area contributed by atoms with Gasteiger partial charge in [-0.1, -0.05) is 26.0 Å². The molecule has 0 radical (unpaired) electrons. The van der Waals surface area contributed by atoms with Crippen molar-refractivity contribution in [1.29, 1.82) is 0 Å². The lowest BCUT2D eigenvalue weighted by atomic mass is 9.79. The van der Waals surface area contributed by atoms with E-state index in [1.165, 1.54) is 0 Å². The topological polar surface area (TPSA) is 76.5 Å². The first-order valence-electron chi connectivity index (χ1n) is 10.0. The Bertz CT molecular complexity index is 1060. The fourth-order valence-corrected chi connectivity index (χ4v) is 4.32. The van der Waals surface area contributed by atoms with E-state index < -0.39 is 0 Å². The van der Waals surface area contributed by atoms with Crippen LogP contribution in [0, 0.1) is 19.3 Å². The molecular formula is C22H30ClN5O. The van der Waals surface area contributed by atoms with Crippen molar-refractivity contribution in [1.82, 2.24) is 19.5 Å². The van der Waals surface area contributed by atoms with Gasteiger partial charge in [-0.15, -0.1) is 12.4 Å². The number of likely N-dealkylation sites (tertiary alicyclic amines) is 1. The van der Waals surface area contributed by atoms with Gasteiger partial charge in [0.05, 0.1) is 5.52 Å². The first-order chi connectivity index (χ1) is 13.3. The molecule has 1 atom stereocenters. The number of rotatable bonds is 3. The van der Waals surface area contributed by atoms with Crippen molar-refractivity contribution in [3.63, 3.8) is 0 Å². The lowest BCUT2D eigenvalue weighted by Crippen LogP contribution is -2.54. The van der Waals surface area contributed by atoms with Crippen LogP contribution in [0.25, 0.3) is 16.6 Å². The van der Waals surface area contributed by atoms with E-state index in [4.69, 9.17) is 15.8 Å². The van der Waals surface area contributed by atoms with Gasteiger partial charge in [0, 0.05) is 42.3 Å². The second-order valence-electron chi connectivity index (χ2n) is 8.71. The molecule has 1 amide bonds. The van der Waals surface area contributed by atoms with E-state index in [0.29, 0.717) is 12.8 Å². The number of hydrogen-bond acceptors (Lipinski definition) is 4. The zero-order chi connectivity index (χ0) is 20.1. The third kappa shape index (κ3) is 3.83. The lowest BCUT2D eigenvalue weighted by molar-refractivity contribution is -0.134. The largest absolute Gasteiger partial charge is 0.342 e. The summed E-state index contributed by atoms with van der Waals surface area (Å²) in [6, 6.07) is 8.21. The van der Waals surface area contributed by atoms with E-state index in [0.717, 1.165) is 53.0 Å². The summed E-state index contributed by atoms with van der Waals surface area (Å²) in [4.78, 5) is 19.6. The molecule has 3 aromatic rings. The molecule has 0 aliphatic carbocycles.